The maximum Gasteiger partial charge on any atom is 0.291 e. The zero-order valence-corrected chi connectivity index (χ0v) is 15.1. The molecule has 27 heavy (non-hydrogen) atoms. The van der Waals surface area contributed by atoms with Crippen LogP contribution >= 0.6 is 11.8 Å². The van der Waals surface area contributed by atoms with E-state index in [1.807, 2.05) is 0 Å². The van der Waals surface area contributed by atoms with Gasteiger partial charge in [0, 0.05) is 7.05 Å². The summed E-state index contributed by atoms with van der Waals surface area (Å²) in [5.74, 6) is -3.45. The van der Waals surface area contributed by atoms with Gasteiger partial charge in [-0.3, -0.25) is 9.59 Å². The minimum Gasteiger partial charge on any atom is -0.355 e. The molecule has 0 radical (unpaired) electrons. The van der Waals surface area contributed by atoms with Crippen LogP contribution in [0.3, 0.4) is 0 Å². The molecule has 0 bridgehead atoms. The molecule has 140 valence electrons. The third-order valence-corrected chi connectivity index (χ3v) is 4.49. The first-order chi connectivity index (χ1) is 13.0. The molecule has 2 aromatic carbocycles. The van der Waals surface area contributed by atoms with Gasteiger partial charge in [0.15, 0.2) is 5.16 Å². The van der Waals surface area contributed by atoms with Gasteiger partial charge < -0.3 is 15.2 Å². The molecule has 3 aromatic rings. The van der Waals surface area contributed by atoms with Crippen LogP contribution in [0.5, 0.6) is 0 Å². The number of carbonyl (C=O) groups is 2. The van der Waals surface area contributed by atoms with Crippen molar-refractivity contribution in [3.63, 3.8) is 0 Å². The number of benzene rings is 2. The van der Waals surface area contributed by atoms with Crippen molar-refractivity contribution in [3.05, 3.63) is 54.1 Å². The summed E-state index contributed by atoms with van der Waals surface area (Å²) in [7, 11) is 1.49. The van der Waals surface area contributed by atoms with Crippen LogP contribution in [0.25, 0.3) is 11.0 Å². The molecule has 6 nitrogen and oxygen atoms in total. The highest BCUT2D eigenvalue weighted by Gasteiger charge is 2.19. The van der Waals surface area contributed by atoms with E-state index in [1.165, 1.54) is 11.6 Å². The molecule has 3 rings (SSSR count). The van der Waals surface area contributed by atoms with Gasteiger partial charge in [0.25, 0.3) is 11.7 Å². The van der Waals surface area contributed by atoms with Gasteiger partial charge in [-0.25, -0.2) is 4.98 Å². The number of fused-ring (bicyclic) bond motifs is 1. The second kappa shape index (κ2) is 8.17. The Bertz CT molecular complexity index is 990. The van der Waals surface area contributed by atoms with Crippen LogP contribution in [-0.4, -0.2) is 34.2 Å². The molecule has 9 heteroatoms. The molecular formula is C18H16F2N4O2S. The Labute approximate surface area is 158 Å². The Morgan fingerprint density at radius 2 is 1.85 bits per heavy atom. The molecule has 1 heterocycles. The van der Waals surface area contributed by atoms with E-state index in [0.717, 1.165) is 0 Å². The predicted molar refractivity (Wildman–Crippen MR) is 100 cm³/mol. The predicted octanol–water partition coefficient (Wildman–Crippen LogP) is 3.35. The number of imidazole rings is 1. The first-order valence-corrected chi connectivity index (χ1v) is 8.88. The standard InChI is InChI=1S/C18H16F2N4O2S/c1-21-16(26)11-6-2-3-7-12(11)22-15(25)10-24-14-9-5-4-8-13(14)23-18(24)27-17(19)20/h2-9,17H,10H2,1H3,(H,21,26)(H,22,25). The maximum absolute atomic E-state index is 12.9. The second-order valence-electron chi connectivity index (χ2n) is 5.52. The molecule has 0 aliphatic rings. The molecule has 0 aliphatic carbocycles. The average molecular weight is 390 g/mol. The number of hydrogen-bond acceptors (Lipinski definition) is 4. The van der Waals surface area contributed by atoms with E-state index >= 15 is 0 Å². The van der Waals surface area contributed by atoms with Crippen molar-refractivity contribution in [2.75, 3.05) is 12.4 Å². The van der Waals surface area contributed by atoms with E-state index in [2.05, 4.69) is 15.6 Å². The van der Waals surface area contributed by atoms with Crippen LogP contribution in [0.1, 0.15) is 10.4 Å². The van der Waals surface area contributed by atoms with Gasteiger partial charge >= 0.3 is 0 Å². The molecule has 1 aromatic heterocycles. The monoisotopic (exact) mass is 390 g/mol. The minimum atomic E-state index is -2.66. The van der Waals surface area contributed by atoms with E-state index in [9.17, 15) is 18.4 Å². The molecule has 2 amide bonds. The molecule has 2 N–H and O–H groups in total. The van der Waals surface area contributed by atoms with Crippen LogP contribution < -0.4 is 10.6 Å². The lowest BCUT2D eigenvalue weighted by Gasteiger charge is -2.12. The fourth-order valence-corrected chi connectivity index (χ4v) is 3.23. The molecule has 0 saturated heterocycles. The number of anilines is 1. The van der Waals surface area contributed by atoms with E-state index < -0.39 is 11.7 Å². The van der Waals surface area contributed by atoms with Crippen molar-refractivity contribution < 1.29 is 18.4 Å². The fraction of sp³-hybridized carbons (Fsp3) is 0.167. The van der Waals surface area contributed by atoms with E-state index in [-0.39, 0.29) is 29.4 Å². The van der Waals surface area contributed by atoms with E-state index in [1.54, 1.807) is 48.5 Å². The Morgan fingerprint density at radius 1 is 1.15 bits per heavy atom. The number of para-hydroxylation sites is 3. The summed E-state index contributed by atoms with van der Waals surface area (Å²) >= 11 is 0.285. The van der Waals surface area contributed by atoms with Crippen LogP contribution in [0.2, 0.25) is 0 Å². The van der Waals surface area contributed by atoms with E-state index in [4.69, 9.17) is 0 Å². The normalized spacial score (nSPS) is 11.0. The van der Waals surface area contributed by atoms with Crippen molar-refractivity contribution in [1.82, 2.24) is 14.9 Å². The zero-order valence-electron chi connectivity index (χ0n) is 14.3. The quantitative estimate of drug-likeness (QED) is 0.633. The maximum atomic E-state index is 12.9. The highest BCUT2D eigenvalue weighted by atomic mass is 32.2. The van der Waals surface area contributed by atoms with Crippen LogP contribution in [0, 0.1) is 0 Å². The SMILES string of the molecule is CNC(=O)c1ccccc1NC(=O)Cn1c(SC(F)F)nc2ccccc21. The molecule has 0 fully saturated rings. The summed E-state index contributed by atoms with van der Waals surface area (Å²) in [6.07, 6.45) is 0. The molecule has 0 spiro atoms. The fourth-order valence-electron chi connectivity index (χ4n) is 2.63. The number of nitrogens with zero attached hydrogens (tertiary/aromatic N) is 2. The van der Waals surface area contributed by atoms with Gasteiger partial charge in [0.1, 0.15) is 6.54 Å². The number of hydrogen-bond donors (Lipinski definition) is 2. The van der Waals surface area contributed by atoms with Gasteiger partial charge in [-0.1, -0.05) is 24.3 Å². The number of nitrogens with one attached hydrogen (secondary N) is 2. The summed E-state index contributed by atoms with van der Waals surface area (Å²) in [5, 5.41) is 5.22. The average Bonchev–Trinajstić information content (AvgIpc) is 2.98. The molecule has 0 unspecified atom stereocenters. The van der Waals surface area contributed by atoms with Crippen LogP contribution in [0.15, 0.2) is 53.7 Å². The third-order valence-electron chi connectivity index (χ3n) is 3.79. The van der Waals surface area contributed by atoms with Gasteiger partial charge in [-0.2, -0.15) is 8.78 Å². The lowest BCUT2D eigenvalue weighted by molar-refractivity contribution is -0.116. The van der Waals surface area contributed by atoms with E-state index in [0.29, 0.717) is 22.3 Å². The summed E-state index contributed by atoms with van der Waals surface area (Å²) in [6.45, 7) is -0.211. The van der Waals surface area contributed by atoms with Gasteiger partial charge in [0.2, 0.25) is 5.91 Å². The zero-order chi connectivity index (χ0) is 19.4. The molecule has 0 atom stereocenters. The summed E-state index contributed by atoms with van der Waals surface area (Å²) in [4.78, 5) is 28.6. The molecule has 0 aliphatic heterocycles. The van der Waals surface area contributed by atoms with Gasteiger partial charge in [0.05, 0.1) is 22.3 Å². The Hall–Kier alpha value is -2.94. The van der Waals surface area contributed by atoms with Gasteiger partial charge in [-0.05, 0) is 36.0 Å². The number of amides is 2. The largest absolute Gasteiger partial charge is 0.355 e. The summed E-state index contributed by atoms with van der Waals surface area (Å²) in [6, 6.07) is 13.5. The van der Waals surface area contributed by atoms with Crippen molar-refractivity contribution in [2.24, 2.45) is 0 Å². The van der Waals surface area contributed by atoms with Crippen molar-refractivity contribution >= 4 is 40.3 Å². The lowest BCUT2D eigenvalue weighted by Crippen LogP contribution is -2.23. The first-order valence-electron chi connectivity index (χ1n) is 8.00. The van der Waals surface area contributed by atoms with Crippen molar-refractivity contribution in [3.8, 4) is 0 Å². The molecular weight excluding hydrogens is 374 g/mol. The lowest BCUT2D eigenvalue weighted by atomic mass is 10.1. The van der Waals surface area contributed by atoms with Crippen LogP contribution in [-0.2, 0) is 11.3 Å². The van der Waals surface area contributed by atoms with Crippen molar-refractivity contribution in [2.45, 2.75) is 17.5 Å². The number of carbonyl (C=O) groups excluding carboxylic acids is 2. The third kappa shape index (κ3) is 4.25. The van der Waals surface area contributed by atoms with Gasteiger partial charge in [-0.15, -0.1) is 0 Å². The number of halogens is 2. The highest BCUT2D eigenvalue weighted by Crippen LogP contribution is 2.28. The number of aromatic nitrogens is 2. The Morgan fingerprint density at radius 3 is 2.59 bits per heavy atom. The number of rotatable bonds is 6. The second-order valence-corrected chi connectivity index (χ2v) is 6.48. The summed E-state index contributed by atoms with van der Waals surface area (Å²) in [5.41, 5.74) is 1.76. The smallest absolute Gasteiger partial charge is 0.291 e. The topological polar surface area (TPSA) is 76.0 Å². The highest BCUT2D eigenvalue weighted by molar-refractivity contribution is 7.99. The minimum absolute atomic E-state index is 0.0564. The van der Waals surface area contributed by atoms with Crippen LogP contribution in [0.4, 0.5) is 14.5 Å². The summed E-state index contributed by atoms with van der Waals surface area (Å²) < 4.78 is 27.2. The van der Waals surface area contributed by atoms with Crippen molar-refractivity contribution in [1.29, 1.82) is 0 Å². The molecule has 0 saturated carbocycles. The Kier molecular flexibility index (Phi) is 5.70. The number of alkyl halides is 2. The Balaban J connectivity index is 1.88. The first kappa shape index (κ1) is 18.8. The number of thioether (sulfide) groups is 1.